The molecule has 4 amide bonds. The van der Waals surface area contributed by atoms with E-state index in [1.54, 1.807) is 31.2 Å². The molecular formula is C24H25N4O3+. The summed E-state index contributed by atoms with van der Waals surface area (Å²) < 4.78 is 0. The fraction of sp³-hybridized carbons (Fsp3) is 0.208. The van der Waals surface area contributed by atoms with E-state index < -0.39 is 23.4 Å². The molecular weight excluding hydrogens is 392 g/mol. The Bertz CT molecular complexity index is 1140. The van der Waals surface area contributed by atoms with Crippen molar-refractivity contribution in [1.29, 1.82) is 0 Å². The van der Waals surface area contributed by atoms with Crippen molar-refractivity contribution in [1.82, 2.24) is 15.8 Å². The fourth-order valence-corrected chi connectivity index (χ4v) is 3.94. The highest BCUT2D eigenvalue weighted by molar-refractivity contribution is 6.08. The third-order valence-corrected chi connectivity index (χ3v) is 5.75. The molecule has 4 N–H and O–H groups in total. The molecule has 7 heteroatoms. The Hall–Kier alpha value is -3.71. The van der Waals surface area contributed by atoms with Gasteiger partial charge in [0.15, 0.2) is 6.54 Å². The molecule has 0 radical (unpaired) electrons. The van der Waals surface area contributed by atoms with Crippen LogP contribution in [0.5, 0.6) is 0 Å². The molecule has 158 valence electrons. The number of urea groups is 1. The molecule has 1 aliphatic heterocycles. The number of fused-ring (bicyclic) bond motifs is 1. The summed E-state index contributed by atoms with van der Waals surface area (Å²) >= 11 is 0. The van der Waals surface area contributed by atoms with Crippen LogP contribution in [0, 0.1) is 0 Å². The van der Waals surface area contributed by atoms with E-state index in [0.29, 0.717) is 5.56 Å². The fourth-order valence-electron chi connectivity index (χ4n) is 3.94. The average molecular weight is 417 g/mol. The van der Waals surface area contributed by atoms with Crippen LogP contribution >= 0.6 is 0 Å². The van der Waals surface area contributed by atoms with E-state index in [2.05, 4.69) is 28.9 Å². The van der Waals surface area contributed by atoms with Gasteiger partial charge in [-0.25, -0.2) is 4.79 Å². The number of hydrazine groups is 1. The van der Waals surface area contributed by atoms with Gasteiger partial charge in [0.1, 0.15) is 11.6 Å². The summed E-state index contributed by atoms with van der Waals surface area (Å²) in [6.45, 7) is 3.72. The number of hydrogen-bond acceptors (Lipinski definition) is 3. The lowest BCUT2D eigenvalue weighted by Crippen LogP contribution is -2.87. The first-order valence-corrected chi connectivity index (χ1v) is 10.2. The van der Waals surface area contributed by atoms with Gasteiger partial charge in [-0.2, -0.15) is 5.01 Å². The second-order valence-electron chi connectivity index (χ2n) is 7.89. The summed E-state index contributed by atoms with van der Waals surface area (Å²) in [5.74, 6) is -0.938. The summed E-state index contributed by atoms with van der Waals surface area (Å²) in [6.07, 6.45) is 0. The van der Waals surface area contributed by atoms with E-state index in [1.165, 1.54) is 0 Å². The number of hydrogen-bond donors (Lipinski definition) is 3. The van der Waals surface area contributed by atoms with Crippen molar-refractivity contribution in [2.75, 3.05) is 6.54 Å². The Kier molecular flexibility index (Phi) is 5.44. The van der Waals surface area contributed by atoms with Crippen molar-refractivity contribution < 1.29 is 19.7 Å². The average Bonchev–Trinajstić information content (AvgIpc) is 3.01. The molecule has 1 fully saturated rings. The SMILES string of the molecule is C[C@@H]([NH2+]CC(=O)NN1C(=O)N[C@](C)(c2ccccc2)C1=O)c1cccc2ccccc12. The van der Waals surface area contributed by atoms with Crippen LogP contribution in [0.1, 0.15) is 31.0 Å². The molecule has 3 aromatic rings. The standard InChI is InChI=1S/C24H24N4O3/c1-16(19-14-8-10-17-9-6-7-13-20(17)19)25-15-21(29)27-28-22(30)24(2,26-23(28)31)18-11-4-3-5-12-18/h3-14,16,25H,15H2,1-2H3,(H,26,31)(H,27,29)/p+1/t16-,24-/m1/s1. The number of imide groups is 1. The highest BCUT2D eigenvalue weighted by Gasteiger charge is 2.50. The third-order valence-electron chi connectivity index (χ3n) is 5.75. The number of carbonyl (C=O) groups excluding carboxylic acids is 3. The van der Waals surface area contributed by atoms with E-state index >= 15 is 0 Å². The number of carbonyl (C=O) groups is 3. The minimum Gasteiger partial charge on any atom is -0.332 e. The topological polar surface area (TPSA) is 95.1 Å². The molecule has 0 saturated carbocycles. The number of benzene rings is 3. The smallest absolute Gasteiger partial charge is 0.332 e. The predicted molar refractivity (Wildman–Crippen MR) is 116 cm³/mol. The molecule has 0 spiro atoms. The van der Waals surface area contributed by atoms with E-state index in [-0.39, 0.29) is 12.6 Å². The maximum atomic E-state index is 12.9. The number of nitrogens with zero attached hydrogens (tertiary/aromatic N) is 1. The number of nitrogens with two attached hydrogens (primary N) is 1. The number of amides is 4. The van der Waals surface area contributed by atoms with Crippen LogP contribution in [0.15, 0.2) is 72.8 Å². The van der Waals surface area contributed by atoms with Gasteiger partial charge in [0.25, 0.3) is 11.8 Å². The highest BCUT2D eigenvalue weighted by atomic mass is 16.2. The van der Waals surface area contributed by atoms with Crippen molar-refractivity contribution >= 4 is 28.6 Å². The Labute approximate surface area is 180 Å². The molecule has 0 unspecified atom stereocenters. The normalized spacial score (nSPS) is 19.4. The predicted octanol–water partition coefficient (Wildman–Crippen LogP) is 1.96. The number of rotatable bonds is 6. The Morgan fingerprint density at radius 2 is 1.71 bits per heavy atom. The van der Waals surface area contributed by atoms with Gasteiger partial charge in [0.2, 0.25) is 0 Å². The lowest BCUT2D eigenvalue weighted by Gasteiger charge is -2.22. The van der Waals surface area contributed by atoms with Gasteiger partial charge in [-0.15, -0.1) is 0 Å². The molecule has 0 aromatic heterocycles. The summed E-state index contributed by atoms with van der Waals surface area (Å²) in [5.41, 5.74) is 3.01. The van der Waals surface area contributed by atoms with Gasteiger partial charge in [-0.05, 0) is 30.2 Å². The molecule has 1 aliphatic rings. The van der Waals surface area contributed by atoms with Crippen molar-refractivity contribution in [3.05, 3.63) is 83.9 Å². The van der Waals surface area contributed by atoms with Crippen molar-refractivity contribution in [3.63, 3.8) is 0 Å². The monoisotopic (exact) mass is 417 g/mol. The summed E-state index contributed by atoms with van der Waals surface area (Å²) in [4.78, 5) is 37.8. The first-order chi connectivity index (χ1) is 14.9. The molecule has 1 saturated heterocycles. The van der Waals surface area contributed by atoms with Crippen LogP contribution in [-0.2, 0) is 15.1 Å². The van der Waals surface area contributed by atoms with Crippen LogP contribution in [0.3, 0.4) is 0 Å². The van der Waals surface area contributed by atoms with Crippen LogP contribution in [0.25, 0.3) is 10.8 Å². The summed E-state index contributed by atoms with van der Waals surface area (Å²) in [7, 11) is 0. The minimum atomic E-state index is -1.22. The molecule has 4 rings (SSSR count). The maximum absolute atomic E-state index is 12.9. The van der Waals surface area contributed by atoms with Gasteiger partial charge < -0.3 is 10.6 Å². The summed E-state index contributed by atoms with van der Waals surface area (Å²) in [5, 5.41) is 7.61. The molecule has 3 aromatic carbocycles. The second-order valence-corrected chi connectivity index (χ2v) is 7.89. The van der Waals surface area contributed by atoms with Crippen LogP contribution < -0.4 is 16.1 Å². The molecule has 0 bridgehead atoms. The Balaban J connectivity index is 1.41. The second kappa shape index (κ2) is 8.20. The molecule has 7 nitrogen and oxygen atoms in total. The van der Waals surface area contributed by atoms with Gasteiger partial charge in [0, 0.05) is 5.56 Å². The van der Waals surface area contributed by atoms with Gasteiger partial charge >= 0.3 is 6.03 Å². The molecule has 0 aliphatic carbocycles. The zero-order valence-corrected chi connectivity index (χ0v) is 17.5. The summed E-state index contributed by atoms with van der Waals surface area (Å²) in [6, 6.07) is 22.5. The zero-order chi connectivity index (χ0) is 22.0. The van der Waals surface area contributed by atoms with Crippen molar-refractivity contribution in [2.45, 2.75) is 25.4 Å². The highest BCUT2D eigenvalue weighted by Crippen LogP contribution is 2.27. The van der Waals surface area contributed by atoms with Crippen LogP contribution in [0.4, 0.5) is 4.79 Å². The zero-order valence-electron chi connectivity index (χ0n) is 17.5. The largest absolute Gasteiger partial charge is 0.344 e. The first-order valence-electron chi connectivity index (χ1n) is 10.2. The van der Waals surface area contributed by atoms with Crippen LogP contribution in [-0.4, -0.2) is 29.4 Å². The van der Waals surface area contributed by atoms with Gasteiger partial charge in [-0.3, -0.25) is 15.0 Å². The van der Waals surface area contributed by atoms with E-state index in [1.807, 2.05) is 42.6 Å². The lowest BCUT2D eigenvalue weighted by molar-refractivity contribution is -0.682. The number of quaternary nitrogens is 1. The molecule has 2 atom stereocenters. The van der Waals surface area contributed by atoms with Gasteiger partial charge in [0.05, 0.1) is 0 Å². The minimum absolute atomic E-state index is 0.0227. The third kappa shape index (κ3) is 3.87. The Morgan fingerprint density at radius 1 is 1.03 bits per heavy atom. The van der Waals surface area contributed by atoms with E-state index in [4.69, 9.17) is 0 Å². The maximum Gasteiger partial charge on any atom is 0.344 e. The molecule has 1 heterocycles. The van der Waals surface area contributed by atoms with Crippen LogP contribution in [0.2, 0.25) is 0 Å². The first kappa shape index (κ1) is 20.6. The van der Waals surface area contributed by atoms with Gasteiger partial charge in [-0.1, -0.05) is 72.8 Å². The van der Waals surface area contributed by atoms with Crippen molar-refractivity contribution in [3.8, 4) is 0 Å². The Morgan fingerprint density at radius 3 is 2.48 bits per heavy atom. The van der Waals surface area contributed by atoms with E-state index in [9.17, 15) is 14.4 Å². The van der Waals surface area contributed by atoms with Crippen molar-refractivity contribution in [2.24, 2.45) is 0 Å². The van der Waals surface area contributed by atoms with E-state index in [0.717, 1.165) is 21.3 Å². The lowest BCUT2D eigenvalue weighted by atomic mass is 9.92. The molecule has 31 heavy (non-hydrogen) atoms. The number of nitrogens with one attached hydrogen (secondary N) is 2. The quantitative estimate of drug-likeness (QED) is 0.535.